The van der Waals surface area contributed by atoms with Crippen molar-refractivity contribution in [2.45, 2.75) is 58.0 Å². The molecule has 0 bridgehead atoms. The van der Waals surface area contributed by atoms with E-state index in [1.54, 1.807) is 6.33 Å². The van der Waals surface area contributed by atoms with Crippen LogP contribution in [-0.2, 0) is 16.1 Å². The second-order valence-electron chi connectivity index (χ2n) is 7.17. The van der Waals surface area contributed by atoms with Crippen molar-refractivity contribution >= 4 is 17.5 Å². The molecule has 1 aliphatic carbocycles. The summed E-state index contributed by atoms with van der Waals surface area (Å²) in [6.07, 6.45) is 8.43. The molecule has 7 nitrogen and oxygen atoms in total. The Morgan fingerprint density at radius 2 is 2.04 bits per heavy atom. The lowest BCUT2D eigenvalue weighted by molar-refractivity contribution is -0.133. The van der Waals surface area contributed by atoms with Gasteiger partial charge in [0.05, 0.1) is 18.7 Å². The van der Waals surface area contributed by atoms with Crippen molar-refractivity contribution in [3.63, 3.8) is 0 Å². The summed E-state index contributed by atoms with van der Waals surface area (Å²) in [6, 6.07) is 0.349. The van der Waals surface area contributed by atoms with Crippen LogP contribution in [-0.4, -0.2) is 60.2 Å². The largest absolute Gasteiger partial charge is 0.382 e. The molecule has 1 saturated carbocycles. The molecule has 1 aliphatic heterocycles. The smallest absolute Gasteiger partial charge is 0.242 e. The van der Waals surface area contributed by atoms with Crippen molar-refractivity contribution in [1.29, 1.82) is 0 Å². The molecule has 0 aromatic carbocycles. The minimum Gasteiger partial charge on any atom is -0.382 e. The van der Waals surface area contributed by atoms with Crippen LogP contribution in [0.2, 0.25) is 0 Å². The van der Waals surface area contributed by atoms with E-state index in [0.29, 0.717) is 19.1 Å². The molecule has 144 valence electrons. The van der Waals surface area contributed by atoms with Gasteiger partial charge in [-0.25, -0.2) is 9.97 Å². The van der Waals surface area contributed by atoms with Gasteiger partial charge in [-0.2, -0.15) is 0 Å². The summed E-state index contributed by atoms with van der Waals surface area (Å²) in [7, 11) is 1.94. The molecule has 0 atom stereocenters. The van der Waals surface area contributed by atoms with Crippen molar-refractivity contribution in [1.82, 2.24) is 14.9 Å². The minimum absolute atomic E-state index is 0.194. The fraction of sp³-hybridized carbons (Fsp3) is 0.737. The topological polar surface area (TPSA) is 70.6 Å². The maximum absolute atomic E-state index is 12.8. The number of anilines is 2. The van der Waals surface area contributed by atoms with Gasteiger partial charge in [-0.15, -0.1) is 0 Å². The molecule has 1 amide bonds. The predicted molar refractivity (Wildman–Crippen MR) is 102 cm³/mol. The molecule has 0 unspecified atom stereocenters. The summed E-state index contributed by atoms with van der Waals surface area (Å²) in [5.41, 5.74) is 1.03. The van der Waals surface area contributed by atoms with Gasteiger partial charge in [0, 0.05) is 32.8 Å². The van der Waals surface area contributed by atoms with E-state index in [4.69, 9.17) is 4.74 Å². The average Bonchev–Trinajstić information content (AvgIpc) is 2.79. The molecule has 2 aliphatic rings. The van der Waals surface area contributed by atoms with Gasteiger partial charge in [0.2, 0.25) is 5.91 Å². The highest BCUT2D eigenvalue weighted by Crippen LogP contribution is 2.31. The number of aromatic nitrogens is 2. The van der Waals surface area contributed by atoms with E-state index in [1.807, 2.05) is 18.9 Å². The van der Waals surface area contributed by atoms with Crippen molar-refractivity contribution in [3.05, 3.63) is 11.9 Å². The molecule has 3 rings (SSSR count). The zero-order chi connectivity index (χ0) is 18.4. The number of nitrogens with one attached hydrogen (secondary N) is 1. The van der Waals surface area contributed by atoms with E-state index in [2.05, 4.69) is 20.2 Å². The summed E-state index contributed by atoms with van der Waals surface area (Å²) in [5, 5.41) is 3.42. The molecule has 0 saturated heterocycles. The second kappa shape index (κ2) is 9.16. The van der Waals surface area contributed by atoms with Crippen LogP contribution in [0.25, 0.3) is 0 Å². The predicted octanol–water partition coefficient (Wildman–Crippen LogP) is 2.43. The Morgan fingerprint density at radius 3 is 2.81 bits per heavy atom. The first kappa shape index (κ1) is 18.9. The Bertz CT molecular complexity index is 604. The van der Waals surface area contributed by atoms with Crippen LogP contribution in [0.1, 0.15) is 51.0 Å². The highest BCUT2D eigenvalue weighted by Gasteiger charge is 2.32. The van der Waals surface area contributed by atoms with Gasteiger partial charge in [-0.3, -0.25) is 4.79 Å². The first-order valence-corrected chi connectivity index (χ1v) is 9.86. The monoisotopic (exact) mass is 361 g/mol. The maximum Gasteiger partial charge on any atom is 0.242 e. The Labute approximate surface area is 156 Å². The molecular weight excluding hydrogens is 330 g/mol. The first-order valence-electron chi connectivity index (χ1n) is 9.86. The van der Waals surface area contributed by atoms with Crippen LogP contribution in [0.3, 0.4) is 0 Å². The number of likely N-dealkylation sites (N-methyl/N-ethyl adjacent to an activating group) is 1. The van der Waals surface area contributed by atoms with Crippen molar-refractivity contribution in [3.8, 4) is 0 Å². The standard InChI is InChI=1S/C19H31N5O2/c1-3-26-11-7-10-20-18-16-12-24(15-8-5-4-6-9-15)17(25)13-23(2)19(16)22-14-21-18/h14-15H,3-13H2,1-2H3,(H,20,21,22). The number of hydrogen-bond donors (Lipinski definition) is 1. The maximum atomic E-state index is 12.8. The zero-order valence-electron chi connectivity index (χ0n) is 16.0. The van der Waals surface area contributed by atoms with Gasteiger partial charge >= 0.3 is 0 Å². The normalized spacial score (nSPS) is 18.6. The van der Waals surface area contributed by atoms with E-state index in [9.17, 15) is 4.79 Å². The van der Waals surface area contributed by atoms with E-state index in [1.165, 1.54) is 19.3 Å². The van der Waals surface area contributed by atoms with Gasteiger partial charge in [-0.1, -0.05) is 19.3 Å². The zero-order valence-corrected chi connectivity index (χ0v) is 16.0. The van der Waals surface area contributed by atoms with Crippen LogP contribution in [0, 0.1) is 0 Å². The quantitative estimate of drug-likeness (QED) is 0.752. The second-order valence-corrected chi connectivity index (χ2v) is 7.17. The van der Waals surface area contributed by atoms with Gasteiger partial charge in [-0.05, 0) is 26.2 Å². The fourth-order valence-electron chi connectivity index (χ4n) is 3.91. The summed E-state index contributed by atoms with van der Waals surface area (Å²) in [6.45, 7) is 5.26. The number of nitrogens with zero attached hydrogens (tertiary/aromatic N) is 4. The number of carbonyl (C=O) groups is 1. The van der Waals surface area contributed by atoms with Crippen LogP contribution in [0.5, 0.6) is 0 Å². The van der Waals surface area contributed by atoms with Crippen LogP contribution in [0.4, 0.5) is 11.6 Å². The van der Waals surface area contributed by atoms with Crippen molar-refractivity contribution in [2.24, 2.45) is 0 Å². The highest BCUT2D eigenvalue weighted by atomic mass is 16.5. The molecule has 0 spiro atoms. The number of amides is 1. The minimum atomic E-state index is 0.194. The SMILES string of the molecule is CCOCCCNc1ncnc2c1CN(C1CCCCC1)C(=O)CN2C. The third-order valence-corrected chi connectivity index (χ3v) is 5.28. The molecule has 7 heteroatoms. The van der Waals surface area contributed by atoms with Gasteiger partial charge < -0.3 is 19.9 Å². The summed E-state index contributed by atoms with van der Waals surface area (Å²) >= 11 is 0. The molecular formula is C19H31N5O2. The third kappa shape index (κ3) is 4.44. The molecule has 1 aromatic heterocycles. The van der Waals surface area contributed by atoms with Gasteiger partial charge in [0.25, 0.3) is 0 Å². The number of ether oxygens (including phenoxy) is 1. The molecule has 2 heterocycles. The fourth-order valence-corrected chi connectivity index (χ4v) is 3.91. The van der Waals surface area contributed by atoms with E-state index < -0.39 is 0 Å². The molecule has 1 fully saturated rings. The number of rotatable bonds is 7. The highest BCUT2D eigenvalue weighted by molar-refractivity contribution is 5.83. The lowest BCUT2D eigenvalue weighted by Crippen LogP contribution is -2.43. The van der Waals surface area contributed by atoms with Crippen molar-refractivity contribution < 1.29 is 9.53 Å². The van der Waals surface area contributed by atoms with Crippen LogP contribution in [0.15, 0.2) is 6.33 Å². The average molecular weight is 361 g/mol. The number of hydrogen-bond acceptors (Lipinski definition) is 6. The molecule has 0 radical (unpaired) electrons. The van der Waals surface area contributed by atoms with Crippen LogP contribution < -0.4 is 10.2 Å². The summed E-state index contributed by atoms with van der Waals surface area (Å²) in [4.78, 5) is 25.8. The van der Waals surface area contributed by atoms with Crippen LogP contribution >= 0.6 is 0 Å². The lowest BCUT2D eigenvalue weighted by atomic mass is 9.94. The summed E-state index contributed by atoms with van der Waals surface area (Å²) < 4.78 is 5.40. The Kier molecular flexibility index (Phi) is 6.66. The molecule has 1 N–H and O–H groups in total. The molecule has 26 heavy (non-hydrogen) atoms. The van der Waals surface area contributed by atoms with Gasteiger partial charge in [0.15, 0.2) is 0 Å². The first-order chi connectivity index (χ1) is 12.7. The number of carbonyl (C=O) groups excluding carboxylic acids is 1. The third-order valence-electron chi connectivity index (χ3n) is 5.28. The van der Waals surface area contributed by atoms with E-state index >= 15 is 0 Å². The van der Waals surface area contributed by atoms with E-state index in [0.717, 1.165) is 56.2 Å². The number of fused-ring (bicyclic) bond motifs is 1. The van der Waals surface area contributed by atoms with Gasteiger partial charge in [0.1, 0.15) is 18.0 Å². The van der Waals surface area contributed by atoms with E-state index in [-0.39, 0.29) is 5.91 Å². The lowest BCUT2D eigenvalue weighted by Gasteiger charge is -2.33. The molecule has 1 aromatic rings. The Morgan fingerprint density at radius 1 is 1.23 bits per heavy atom. The Hall–Kier alpha value is -1.89. The summed E-state index contributed by atoms with van der Waals surface area (Å²) in [5.74, 6) is 1.90. The Balaban J connectivity index is 1.77. The van der Waals surface area contributed by atoms with Crippen molar-refractivity contribution in [2.75, 3.05) is 43.6 Å².